The fourth-order valence-corrected chi connectivity index (χ4v) is 1.40. The molecule has 0 saturated heterocycles. The molecule has 3 rings (SSSR count). The van der Waals surface area contributed by atoms with E-state index in [1.165, 1.54) is 0 Å². The maximum atomic E-state index is 4.85. The highest BCUT2D eigenvalue weighted by molar-refractivity contribution is 6.00. The van der Waals surface area contributed by atoms with E-state index in [1.54, 1.807) is 6.20 Å². The Hall–Kier alpha value is -2.21. The van der Waals surface area contributed by atoms with Crippen LogP contribution in [0.15, 0.2) is 30.5 Å². The van der Waals surface area contributed by atoms with Gasteiger partial charge >= 0.3 is 0 Å². The molecule has 0 aliphatic rings. The number of rotatable bonds is 0. The van der Waals surface area contributed by atoms with Gasteiger partial charge in [0.15, 0.2) is 0 Å². The summed E-state index contributed by atoms with van der Waals surface area (Å²) in [5.41, 5.74) is 7.03. The van der Waals surface area contributed by atoms with Crippen LogP contribution in [0.3, 0.4) is 0 Å². The fourth-order valence-electron chi connectivity index (χ4n) is 1.40. The highest BCUT2D eigenvalue weighted by Gasteiger charge is 2.04. The predicted octanol–water partition coefficient (Wildman–Crippen LogP) is 0.933. The summed E-state index contributed by atoms with van der Waals surface area (Å²) >= 11 is 0. The summed E-state index contributed by atoms with van der Waals surface area (Å²) < 4.78 is 0. The number of hydrogen-bond donors (Lipinski definition) is 1. The molecular formula is C11H12N6. The zero-order chi connectivity index (χ0) is 12.1. The van der Waals surface area contributed by atoms with E-state index in [0.29, 0.717) is 5.52 Å². The summed E-state index contributed by atoms with van der Waals surface area (Å²) in [7, 11) is 0. The first-order valence-electron chi connectivity index (χ1n) is 5.26. The van der Waals surface area contributed by atoms with Crippen molar-refractivity contribution in [2.75, 3.05) is 6.54 Å². The quantitative estimate of drug-likeness (QED) is 0.615. The largest absolute Gasteiger partial charge is 0.331 e. The second kappa shape index (κ2) is 5.22. The molecule has 0 aliphatic heterocycles. The van der Waals surface area contributed by atoms with Crippen molar-refractivity contribution in [1.29, 1.82) is 0 Å². The monoisotopic (exact) mass is 228 g/mol. The van der Waals surface area contributed by atoms with E-state index in [9.17, 15) is 0 Å². The van der Waals surface area contributed by atoms with Crippen LogP contribution >= 0.6 is 0 Å². The van der Waals surface area contributed by atoms with Crippen molar-refractivity contribution in [3.63, 3.8) is 0 Å². The minimum Gasteiger partial charge on any atom is -0.331 e. The minimum atomic E-state index is 0.700. The van der Waals surface area contributed by atoms with Crippen LogP contribution in [-0.2, 0) is 0 Å². The Morgan fingerprint density at radius 3 is 2.71 bits per heavy atom. The van der Waals surface area contributed by atoms with Gasteiger partial charge in [0.25, 0.3) is 0 Å². The van der Waals surface area contributed by atoms with E-state index in [-0.39, 0.29) is 0 Å². The van der Waals surface area contributed by atoms with Gasteiger partial charge in [-0.15, -0.1) is 15.3 Å². The Morgan fingerprint density at radius 1 is 1.06 bits per heavy atom. The summed E-state index contributed by atoms with van der Waals surface area (Å²) in [5.74, 6) is 0. The van der Waals surface area contributed by atoms with Crippen LogP contribution < -0.4 is 5.73 Å². The Bertz CT molecular complexity index is 624. The maximum Gasteiger partial charge on any atom is 0.143 e. The van der Waals surface area contributed by atoms with E-state index in [2.05, 4.69) is 25.6 Å². The van der Waals surface area contributed by atoms with Crippen molar-refractivity contribution in [2.24, 2.45) is 5.73 Å². The molecule has 6 heteroatoms. The van der Waals surface area contributed by atoms with Crippen LogP contribution in [-0.4, -0.2) is 32.2 Å². The smallest absolute Gasteiger partial charge is 0.143 e. The highest BCUT2D eigenvalue weighted by Crippen LogP contribution is 2.17. The van der Waals surface area contributed by atoms with Gasteiger partial charge in [0.1, 0.15) is 16.6 Å². The molecule has 1 aromatic carbocycles. The fraction of sp³-hybridized carbons (Fsp3) is 0.182. The predicted molar refractivity (Wildman–Crippen MR) is 65.2 cm³/mol. The molecule has 0 bridgehead atoms. The molecule has 2 aromatic heterocycles. The van der Waals surface area contributed by atoms with Crippen LogP contribution in [0.4, 0.5) is 0 Å². The molecule has 0 atom stereocenters. The number of aromatic nitrogens is 5. The van der Waals surface area contributed by atoms with Crippen molar-refractivity contribution in [3.8, 4) is 0 Å². The molecule has 17 heavy (non-hydrogen) atoms. The first kappa shape index (κ1) is 11.3. The number of nitrogens with two attached hydrogens (primary N) is 1. The van der Waals surface area contributed by atoms with Gasteiger partial charge in [0.05, 0.1) is 0 Å². The third kappa shape index (κ3) is 2.31. The topological polar surface area (TPSA) is 90.5 Å². The number of benzene rings is 1. The van der Waals surface area contributed by atoms with Crippen molar-refractivity contribution < 1.29 is 0 Å². The lowest BCUT2D eigenvalue weighted by atomic mass is 10.2. The standard InChI is InChI=1S/C9H5N5.C2H7N/c1-2-6-3-4-7-9(13-14-11-7)8(6)12-10-5-1;1-2-3/h1-5H;2-3H2,1H3. The first-order valence-corrected chi connectivity index (χ1v) is 5.26. The van der Waals surface area contributed by atoms with E-state index >= 15 is 0 Å². The van der Waals surface area contributed by atoms with Crippen molar-refractivity contribution in [3.05, 3.63) is 30.5 Å². The van der Waals surface area contributed by atoms with E-state index in [0.717, 1.165) is 23.0 Å². The lowest BCUT2D eigenvalue weighted by Gasteiger charge is -1.89. The van der Waals surface area contributed by atoms with Gasteiger partial charge in [0.2, 0.25) is 0 Å². The maximum absolute atomic E-state index is 4.85. The lowest BCUT2D eigenvalue weighted by molar-refractivity contribution is 0.959. The summed E-state index contributed by atoms with van der Waals surface area (Å²) in [4.78, 5) is 0. The van der Waals surface area contributed by atoms with Crippen molar-refractivity contribution in [2.45, 2.75) is 6.92 Å². The molecule has 0 spiro atoms. The average Bonchev–Trinajstić information content (AvgIpc) is 2.68. The molecule has 0 saturated carbocycles. The number of hydrogen-bond acceptors (Lipinski definition) is 6. The summed E-state index contributed by atoms with van der Waals surface area (Å²) in [6.45, 7) is 2.65. The SMILES string of the molecule is CCN.c1cnnc2c(c1)ccc1nnnc12. The Balaban J connectivity index is 0.000000329. The van der Waals surface area contributed by atoms with Gasteiger partial charge in [-0.3, -0.25) is 0 Å². The highest BCUT2D eigenvalue weighted by atomic mass is 15.3. The van der Waals surface area contributed by atoms with Crippen molar-refractivity contribution in [1.82, 2.24) is 25.6 Å². The van der Waals surface area contributed by atoms with Gasteiger partial charge in [-0.1, -0.05) is 19.1 Å². The molecule has 86 valence electrons. The van der Waals surface area contributed by atoms with Gasteiger partial charge < -0.3 is 5.73 Å². The van der Waals surface area contributed by atoms with E-state index < -0.39 is 0 Å². The van der Waals surface area contributed by atoms with Gasteiger partial charge in [-0.05, 0) is 23.9 Å². The molecule has 3 aromatic rings. The van der Waals surface area contributed by atoms with Crippen LogP contribution in [0, 0.1) is 0 Å². The Kier molecular flexibility index (Phi) is 3.46. The molecule has 0 unspecified atom stereocenters. The molecule has 0 fully saturated rings. The van der Waals surface area contributed by atoms with Gasteiger partial charge in [0, 0.05) is 11.6 Å². The Morgan fingerprint density at radius 2 is 1.88 bits per heavy atom. The second-order valence-electron chi connectivity index (χ2n) is 3.29. The third-order valence-corrected chi connectivity index (χ3v) is 2.04. The van der Waals surface area contributed by atoms with Crippen LogP contribution in [0.2, 0.25) is 0 Å². The van der Waals surface area contributed by atoms with E-state index in [1.807, 2.05) is 31.2 Å². The zero-order valence-corrected chi connectivity index (χ0v) is 9.41. The molecule has 2 heterocycles. The van der Waals surface area contributed by atoms with Crippen LogP contribution in [0.5, 0.6) is 0 Å². The van der Waals surface area contributed by atoms with Gasteiger partial charge in [-0.25, -0.2) is 0 Å². The molecule has 2 N–H and O–H groups in total. The summed E-state index contributed by atoms with van der Waals surface area (Å²) in [6.07, 6.45) is 1.63. The first-order chi connectivity index (χ1) is 8.36. The molecular weight excluding hydrogens is 216 g/mol. The molecule has 0 amide bonds. The minimum absolute atomic E-state index is 0.700. The molecule has 0 aliphatic carbocycles. The summed E-state index contributed by atoms with van der Waals surface area (Å²) in [5, 5.41) is 20.3. The number of nitrogens with zero attached hydrogens (tertiary/aromatic N) is 5. The van der Waals surface area contributed by atoms with Crippen molar-refractivity contribution >= 4 is 21.9 Å². The number of fused-ring (bicyclic) bond motifs is 3. The molecule has 0 radical (unpaired) electrons. The van der Waals surface area contributed by atoms with Gasteiger partial charge in [-0.2, -0.15) is 5.10 Å². The summed E-state index contributed by atoms with van der Waals surface area (Å²) in [6, 6.07) is 7.58. The molecule has 6 nitrogen and oxygen atoms in total. The zero-order valence-electron chi connectivity index (χ0n) is 9.41. The van der Waals surface area contributed by atoms with Crippen LogP contribution in [0.1, 0.15) is 6.92 Å². The Labute approximate surface area is 97.9 Å². The normalized spacial score (nSPS) is 10.0. The lowest BCUT2D eigenvalue weighted by Crippen LogP contribution is -1.87. The van der Waals surface area contributed by atoms with Crippen LogP contribution in [0.25, 0.3) is 21.9 Å². The second-order valence-corrected chi connectivity index (χ2v) is 3.29. The van der Waals surface area contributed by atoms with E-state index in [4.69, 9.17) is 5.73 Å². The third-order valence-electron chi connectivity index (χ3n) is 2.04. The average molecular weight is 228 g/mol.